The molecule has 2 amide bonds. The van der Waals surface area contributed by atoms with E-state index in [1.165, 1.54) is 37.0 Å². The second-order valence-corrected chi connectivity index (χ2v) is 10.6. The molecule has 32 heavy (non-hydrogen) atoms. The van der Waals surface area contributed by atoms with Crippen LogP contribution in [0.1, 0.15) is 78.2 Å². The van der Waals surface area contributed by atoms with Crippen LogP contribution in [-0.4, -0.2) is 52.3 Å². The van der Waals surface area contributed by atoms with Crippen LogP contribution in [0.3, 0.4) is 0 Å². The third-order valence-corrected chi connectivity index (χ3v) is 8.77. The normalized spacial score (nSPS) is 24.2. The van der Waals surface area contributed by atoms with Gasteiger partial charge in [0.2, 0.25) is 5.91 Å². The first-order valence-electron chi connectivity index (χ1n) is 12.3. The quantitative estimate of drug-likeness (QED) is 0.665. The molecular formula is C26H33N3O2S. The van der Waals surface area contributed by atoms with Crippen LogP contribution in [0, 0.1) is 5.92 Å². The highest BCUT2D eigenvalue weighted by Crippen LogP contribution is 2.37. The number of amides is 2. The molecule has 0 N–H and O–H groups in total. The predicted molar refractivity (Wildman–Crippen MR) is 127 cm³/mol. The van der Waals surface area contributed by atoms with Crippen molar-refractivity contribution in [1.29, 1.82) is 0 Å². The van der Waals surface area contributed by atoms with E-state index >= 15 is 0 Å². The van der Waals surface area contributed by atoms with Crippen LogP contribution in [0.4, 0.5) is 0 Å². The zero-order valence-electron chi connectivity index (χ0n) is 18.7. The van der Waals surface area contributed by atoms with Crippen molar-refractivity contribution in [2.75, 3.05) is 19.6 Å². The fourth-order valence-corrected chi connectivity index (χ4v) is 6.96. The summed E-state index contributed by atoms with van der Waals surface area (Å²) in [6, 6.07) is 8.32. The summed E-state index contributed by atoms with van der Waals surface area (Å²) in [6.45, 7) is 2.49. The number of thiophene rings is 1. The Balaban J connectivity index is 1.17. The van der Waals surface area contributed by atoms with Gasteiger partial charge in [0.1, 0.15) is 0 Å². The summed E-state index contributed by atoms with van der Waals surface area (Å²) >= 11 is 1.73. The fraction of sp³-hybridized carbons (Fsp3) is 0.577. The van der Waals surface area contributed by atoms with Crippen LogP contribution in [0.15, 0.2) is 35.8 Å². The molecule has 0 bridgehead atoms. The zero-order chi connectivity index (χ0) is 21.9. The standard InChI is InChI=1S/C26H33N3O2S/c30-25(17-22-8-3-4-12-27-22)28-14-10-20(11-15-28)24-16-21(18-32-24)26(31)29-13-5-7-19-6-1-2-9-23(19)29/h3-4,8,12,16,18-20,23H,1-2,5-7,9-11,13-15,17H2. The number of carbonyl (C=O) groups is 2. The molecule has 0 aromatic carbocycles. The number of rotatable bonds is 4. The Morgan fingerprint density at radius 1 is 1.00 bits per heavy atom. The first-order chi connectivity index (χ1) is 15.7. The van der Waals surface area contributed by atoms with Gasteiger partial charge in [-0.3, -0.25) is 14.6 Å². The Bertz CT molecular complexity index is 934. The van der Waals surface area contributed by atoms with Gasteiger partial charge < -0.3 is 9.80 Å². The summed E-state index contributed by atoms with van der Waals surface area (Å²) in [4.78, 5) is 35.7. The maximum absolute atomic E-state index is 13.3. The molecule has 2 aliphatic heterocycles. The molecule has 0 spiro atoms. The van der Waals surface area contributed by atoms with Gasteiger partial charge in [-0.1, -0.05) is 18.9 Å². The molecule has 2 aromatic heterocycles. The third kappa shape index (κ3) is 4.61. The lowest BCUT2D eigenvalue weighted by Gasteiger charge is -2.44. The van der Waals surface area contributed by atoms with Gasteiger partial charge in [-0.2, -0.15) is 0 Å². The summed E-state index contributed by atoms with van der Waals surface area (Å²) < 4.78 is 0. The van der Waals surface area contributed by atoms with Gasteiger partial charge in [0.05, 0.1) is 12.0 Å². The zero-order valence-corrected chi connectivity index (χ0v) is 19.6. The Hall–Kier alpha value is -2.21. The maximum Gasteiger partial charge on any atom is 0.254 e. The second-order valence-electron chi connectivity index (χ2n) is 9.64. The maximum atomic E-state index is 13.3. The topological polar surface area (TPSA) is 53.5 Å². The Morgan fingerprint density at radius 2 is 1.81 bits per heavy atom. The number of fused-ring (bicyclic) bond motifs is 1. The van der Waals surface area contributed by atoms with Gasteiger partial charge in [0.15, 0.2) is 0 Å². The first-order valence-corrected chi connectivity index (χ1v) is 13.1. The van der Waals surface area contributed by atoms with E-state index in [9.17, 15) is 9.59 Å². The van der Waals surface area contributed by atoms with E-state index < -0.39 is 0 Å². The highest BCUT2D eigenvalue weighted by molar-refractivity contribution is 7.10. The van der Waals surface area contributed by atoms with Gasteiger partial charge >= 0.3 is 0 Å². The molecule has 2 unspecified atom stereocenters. The van der Waals surface area contributed by atoms with Gasteiger partial charge in [-0.05, 0) is 68.6 Å². The molecule has 1 saturated carbocycles. The predicted octanol–water partition coefficient (Wildman–Crippen LogP) is 4.89. The second kappa shape index (κ2) is 9.74. The van der Waals surface area contributed by atoms with Crippen molar-refractivity contribution in [1.82, 2.24) is 14.8 Å². The minimum Gasteiger partial charge on any atom is -0.342 e. The van der Waals surface area contributed by atoms with E-state index in [4.69, 9.17) is 0 Å². The number of nitrogens with zero attached hydrogens (tertiary/aromatic N) is 3. The molecule has 1 aliphatic carbocycles. The van der Waals surface area contributed by atoms with Gasteiger partial charge in [-0.15, -0.1) is 11.3 Å². The van der Waals surface area contributed by atoms with Crippen LogP contribution >= 0.6 is 11.3 Å². The molecule has 5 nitrogen and oxygen atoms in total. The smallest absolute Gasteiger partial charge is 0.254 e. The molecular weight excluding hydrogens is 418 g/mol. The summed E-state index contributed by atoms with van der Waals surface area (Å²) in [5.74, 6) is 1.57. The van der Waals surface area contributed by atoms with Gasteiger partial charge in [0.25, 0.3) is 5.91 Å². The first kappa shape index (κ1) is 21.6. The largest absolute Gasteiger partial charge is 0.342 e. The van der Waals surface area contributed by atoms with Crippen LogP contribution < -0.4 is 0 Å². The number of carbonyl (C=O) groups excluding carboxylic acids is 2. The van der Waals surface area contributed by atoms with Crippen LogP contribution in [-0.2, 0) is 11.2 Å². The summed E-state index contributed by atoms with van der Waals surface area (Å²) in [5.41, 5.74) is 1.71. The molecule has 3 aliphatic rings. The molecule has 2 aromatic rings. The van der Waals surface area contributed by atoms with Crippen molar-refractivity contribution in [3.8, 4) is 0 Å². The average Bonchev–Trinajstić information content (AvgIpc) is 3.34. The summed E-state index contributed by atoms with van der Waals surface area (Å²) in [5, 5.41) is 2.07. The van der Waals surface area contributed by atoms with Crippen LogP contribution in [0.5, 0.6) is 0 Å². The number of piperidine rings is 2. The number of likely N-dealkylation sites (tertiary alicyclic amines) is 2. The molecule has 3 fully saturated rings. The Labute approximate surface area is 194 Å². The Morgan fingerprint density at radius 3 is 2.62 bits per heavy atom. The molecule has 2 atom stereocenters. The lowest BCUT2D eigenvalue weighted by atomic mass is 9.78. The van der Waals surface area contributed by atoms with E-state index in [1.807, 2.05) is 23.1 Å². The van der Waals surface area contributed by atoms with Crippen molar-refractivity contribution in [3.63, 3.8) is 0 Å². The van der Waals surface area contributed by atoms with Gasteiger partial charge in [0, 0.05) is 47.8 Å². The highest BCUT2D eigenvalue weighted by Gasteiger charge is 2.36. The fourth-order valence-electron chi connectivity index (χ4n) is 5.90. The molecule has 0 radical (unpaired) electrons. The van der Waals surface area contributed by atoms with Crippen molar-refractivity contribution < 1.29 is 9.59 Å². The lowest BCUT2D eigenvalue weighted by Crippen LogP contribution is -2.49. The highest BCUT2D eigenvalue weighted by atomic mass is 32.1. The number of hydrogen-bond donors (Lipinski definition) is 0. The monoisotopic (exact) mass is 451 g/mol. The number of aromatic nitrogens is 1. The van der Waals surface area contributed by atoms with E-state index in [2.05, 4.69) is 21.3 Å². The average molecular weight is 452 g/mol. The van der Waals surface area contributed by atoms with Crippen molar-refractivity contribution >= 4 is 23.2 Å². The third-order valence-electron chi connectivity index (χ3n) is 7.68. The van der Waals surface area contributed by atoms with Crippen LogP contribution in [0.25, 0.3) is 0 Å². The van der Waals surface area contributed by atoms with Crippen LogP contribution in [0.2, 0.25) is 0 Å². The SMILES string of the molecule is O=C(Cc1ccccn1)N1CCC(c2cc(C(=O)N3CCCC4CCCCC43)cs2)CC1. The Kier molecular flexibility index (Phi) is 6.58. The van der Waals surface area contributed by atoms with Crippen molar-refractivity contribution in [3.05, 3.63) is 52.0 Å². The molecule has 5 rings (SSSR count). The summed E-state index contributed by atoms with van der Waals surface area (Å²) in [7, 11) is 0. The van der Waals surface area contributed by atoms with E-state index in [-0.39, 0.29) is 11.8 Å². The minimum atomic E-state index is 0.163. The van der Waals surface area contributed by atoms with Crippen molar-refractivity contribution in [2.45, 2.75) is 69.7 Å². The molecule has 2 saturated heterocycles. The van der Waals surface area contributed by atoms with E-state index in [0.717, 1.165) is 50.2 Å². The number of pyridine rings is 1. The van der Waals surface area contributed by atoms with E-state index in [0.29, 0.717) is 24.3 Å². The minimum absolute atomic E-state index is 0.163. The molecule has 170 valence electrons. The van der Waals surface area contributed by atoms with Crippen molar-refractivity contribution in [2.24, 2.45) is 5.92 Å². The van der Waals surface area contributed by atoms with E-state index in [1.54, 1.807) is 17.5 Å². The van der Waals surface area contributed by atoms with Gasteiger partial charge in [-0.25, -0.2) is 0 Å². The number of hydrogen-bond acceptors (Lipinski definition) is 4. The summed E-state index contributed by atoms with van der Waals surface area (Å²) in [6.07, 6.45) is 11.6. The molecule has 4 heterocycles. The molecule has 6 heteroatoms. The lowest BCUT2D eigenvalue weighted by molar-refractivity contribution is -0.131.